The van der Waals surface area contributed by atoms with E-state index in [9.17, 15) is 10.5 Å². The average molecular weight is 937 g/mol. The normalized spacial score (nSPS) is 17.1. The van der Waals surface area contributed by atoms with Crippen molar-refractivity contribution in [1.82, 2.24) is 13.7 Å². The average Bonchev–Trinajstić information content (AvgIpc) is 4.20. The zero-order valence-corrected chi connectivity index (χ0v) is 40.5. The number of aromatic nitrogens is 3. The molecule has 0 N–H and O–H groups in total. The molecule has 0 radical (unpaired) electrons. The molecule has 15 rings (SSSR count). The zero-order valence-electron chi connectivity index (χ0n) is 40.5. The van der Waals surface area contributed by atoms with Gasteiger partial charge in [-0.2, -0.15) is 10.5 Å². The van der Waals surface area contributed by atoms with Crippen LogP contribution in [0.3, 0.4) is 0 Å². The van der Waals surface area contributed by atoms with Crippen LogP contribution in [0.1, 0.15) is 76.4 Å². The highest BCUT2D eigenvalue weighted by atomic mass is 15.2. The van der Waals surface area contributed by atoms with Crippen molar-refractivity contribution in [3.8, 4) is 34.6 Å². The van der Waals surface area contributed by atoms with Crippen LogP contribution in [0.15, 0.2) is 164 Å². The van der Waals surface area contributed by atoms with E-state index in [0.29, 0.717) is 16.8 Å². The molecule has 0 bridgehead atoms. The van der Waals surface area contributed by atoms with Crippen LogP contribution in [-0.4, -0.2) is 19.7 Å². The number of fused-ring (bicyclic) bond motifs is 13. The largest absolute Gasteiger partial charge is 0.331 e. The van der Waals surface area contributed by atoms with E-state index in [0.717, 1.165) is 121 Å². The Kier molecular flexibility index (Phi) is 9.11. The summed E-state index contributed by atoms with van der Waals surface area (Å²) in [4.78, 5) is 2.42. The molecule has 2 unspecified atom stereocenters. The predicted molar refractivity (Wildman–Crippen MR) is 300 cm³/mol. The second-order valence-electron chi connectivity index (χ2n) is 20.3. The number of benzene rings is 7. The molecule has 4 heterocycles. The van der Waals surface area contributed by atoms with Gasteiger partial charge in [0.25, 0.3) is 0 Å². The standard InChI is InChI=1S/C67H48N6/c1-41-31-33-42(34-32-41)64-66(71-57-27-13-7-21-46(57)47-22-8-14-28-58(47)71)54(39-68)65(55(40-69)67(64)72-59-29-15-9-23-48(59)49-24-10-16-30-60(49)72)73-61-36-44-18-6-5-17-43(44)35-51(61)53-37-52-50-25-11-12-26-56(50)70(62(52)38-63(53)73)45-19-3-2-4-20-45/h2-3,5-11,13-15,17-19,21-25,27-29,31-38,51,61H,4,12,16,20,26,30H2,1H3. The minimum Gasteiger partial charge on any atom is -0.331 e. The molecule has 5 aliphatic rings. The summed E-state index contributed by atoms with van der Waals surface area (Å²) in [6, 6.07) is 53.6. The molecule has 6 heteroatoms. The molecular formula is C67H48N6. The van der Waals surface area contributed by atoms with E-state index in [1.54, 1.807) is 0 Å². The lowest BCUT2D eigenvalue weighted by Gasteiger charge is -2.34. The Morgan fingerprint density at radius 2 is 1.10 bits per heavy atom. The van der Waals surface area contributed by atoms with E-state index in [1.165, 1.54) is 38.7 Å². The molecule has 0 spiro atoms. The van der Waals surface area contributed by atoms with Crippen molar-refractivity contribution < 1.29 is 0 Å². The fourth-order valence-electron chi connectivity index (χ4n) is 13.4. The van der Waals surface area contributed by atoms with Gasteiger partial charge in [-0.15, -0.1) is 0 Å². The van der Waals surface area contributed by atoms with Gasteiger partial charge in [-0.1, -0.05) is 157 Å². The van der Waals surface area contributed by atoms with E-state index >= 15 is 0 Å². The summed E-state index contributed by atoms with van der Waals surface area (Å²) in [6.07, 6.45) is 26.4. The van der Waals surface area contributed by atoms with E-state index in [-0.39, 0.29) is 12.0 Å². The number of rotatable bonds is 5. The van der Waals surface area contributed by atoms with E-state index < -0.39 is 0 Å². The highest BCUT2D eigenvalue weighted by molar-refractivity contribution is 6.12. The maximum absolute atomic E-state index is 12.5. The van der Waals surface area contributed by atoms with Gasteiger partial charge in [0.05, 0.1) is 45.2 Å². The summed E-state index contributed by atoms with van der Waals surface area (Å²) in [5.41, 5.74) is 18.7. The van der Waals surface area contributed by atoms with Crippen molar-refractivity contribution in [3.05, 3.63) is 219 Å². The van der Waals surface area contributed by atoms with Crippen LogP contribution in [-0.2, 0) is 12.8 Å². The number of anilines is 2. The Balaban J connectivity index is 1.17. The summed E-state index contributed by atoms with van der Waals surface area (Å²) in [7, 11) is 0. The minimum absolute atomic E-state index is 0.0713. The summed E-state index contributed by atoms with van der Waals surface area (Å²) in [6.45, 7) is 2.12. The number of nitrogens with zero attached hydrogens (tertiary/aromatic N) is 6. The van der Waals surface area contributed by atoms with Crippen LogP contribution in [0.5, 0.6) is 0 Å². The number of hydrogen-bond acceptors (Lipinski definition) is 3. The van der Waals surface area contributed by atoms with Gasteiger partial charge in [0, 0.05) is 66.9 Å². The molecule has 3 aromatic heterocycles. The van der Waals surface area contributed by atoms with Crippen molar-refractivity contribution in [2.45, 2.75) is 57.4 Å². The van der Waals surface area contributed by atoms with Crippen molar-refractivity contribution in [2.75, 3.05) is 4.90 Å². The number of allylic oxidation sites excluding steroid dienone is 6. The number of hydrogen-bond donors (Lipinski definition) is 0. The first-order valence-corrected chi connectivity index (χ1v) is 25.8. The van der Waals surface area contributed by atoms with Gasteiger partial charge < -0.3 is 18.6 Å². The molecular weight excluding hydrogens is 889 g/mol. The Bertz CT molecular complexity index is 4380. The summed E-state index contributed by atoms with van der Waals surface area (Å²) in [5.74, 6) is -0.0713. The van der Waals surface area contributed by atoms with E-state index in [2.05, 4.69) is 226 Å². The third-order valence-corrected chi connectivity index (χ3v) is 16.5. The fourth-order valence-corrected chi connectivity index (χ4v) is 13.4. The van der Waals surface area contributed by atoms with E-state index in [4.69, 9.17) is 0 Å². The molecule has 73 heavy (non-hydrogen) atoms. The molecule has 0 saturated carbocycles. The van der Waals surface area contributed by atoms with Crippen LogP contribution in [0.25, 0.3) is 96.1 Å². The van der Waals surface area contributed by atoms with Crippen molar-refractivity contribution in [3.63, 3.8) is 0 Å². The maximum Gasteiger partial charge on any atom is 0.104 e. The van der Waals surface area contributed by atoms with Gasteiger partial charge in [0.1, 0.15) is 23.3 Å². The Morgan fingerprint density at radius 1 is 0.521 bits per heavy atom. The first kappa shape index (κ1) is 41.7. The minimum atomic E-state index is -0.255. The molecule has 0 saturated heterocycles. The van der Waals surface area contributed by atoms with Crippen LogP contribution in [0, 0.1) is 29.6 Å². The molecule has 0 fully saturated rings. The van der Waals surface area contributed by atoms with Gasteiger partial charge in [-0.05, 0) is 103 Å². The quantitative estimate of drug-likeness (QED) is 0.173. The second-order valence-corrected chi connectivity index (χ2v) is 20.3. The lowest BCUT2D eigenvalue weighted by molar-refractivity contribution is 0.799. The molecule has 1 aliphatic heterocycles. The summed E-state index contributed by atoms with van der Waals surface area (Å²) >= 11 is 0. The lowest BCUT2D eigenvalue weighted by Crippen LogP contribution is -2.38. The van der Waals surface area contributed by atoms with Gasteiger partial charge in [-0.3, -0.25) is 0 Å². The topological polar surface area (TPSA) is 65.6 Å². The van der Waals surface area contributed by atoms with Crippen molar-refractivity contribution in [1.29, 1.82) is 10.5 Å². The Labute approximate surface area is 423 Å². The van der Waals surface area contributed by atoms with Gasteiger partial charge in [-0.25, -0.2) is 0 Å². The monoisotopic (exact) mass is 936 g/mol. The predicted octanol–water partition coefficient (Wildman–Crippen LogP) is 14.4. The third kappa shape index (κ3) is 5.90. The molecule has 7 aromatic carbocycles. The van der Waals surface area contributed by atoms with Gasteiger partial charge in [0.2, 0.25) is 0 Å². The Morgan fingerprint density at radius 3 is 1.75 bits per heavy atom. The maximum atomic E-state index is 12.5. The molecule has 10 aromatic rings. The zero-order chi connectivity index (χ0) is 48.5. The van der Waals surface area contributed by atoms with Crippen LogP contribution < -0.4 is 15.3 Å². The number of nitriles is 2. The molecule has 6 nitrogen and oxygen atoms in total. The molecule has 346 valence electrons. The first-order valence-electron chi connectivity index (χ1n) is 25.8. The van der Waals surface area contributed by atoms with Crippen LogP contribution in [0.4, 0.5) is 11.4 Å². The van der Waals surface area contributed by atoms with Crippen molar-refractivity contribution >= 4 is 85.0 Å². The molecule has 0 amide bonds. The van der Waals surface area contributed by atoms with E-state index in [1.807, 2.05) is 0 Å². The highest BCUT2D eigenvalue weighted by Crippen LogP contribution is 2.56. The third-order valence-electron chi connectivity index (χ3n) is 16.5. The SMILES string of the molecule is Cc1ccc(-c2c(-n3c4c(c5ccccc53)C=CCC4)c(C#N)c(N3c4cc5c(cc4C4C=c6ccccc6=CC43)c3c(n5C4=CC=CCC4)CCC=C3)c(C#N)c2-n2c3ccccc3c3ccccc32)cc1. The number of para-hydroxylation sites is 3. The van der Waals surface area contributed by atoms with Crippen LogP contribution >= 0.6 is 0 Å². The van der Waals surface area contributed by atoms with Crippen LogP contribution in [0.2, 0.25) is 0 Å². The first-order chi connectivity index (χ1) is 36.1. The highest BCUT2D eigenvalue weighted by Gasteiger charge is 2.44. The Hall–Kier alpha value is -9.10. The molecule has 2 atom stereocenters. The second kappa shape index (κ2) is 16.0. The summed E-state index contributed by atoms with van der Waals surface area (Å²) < 4.78 is 7.28. The van der Waals surface area contributed by atoms with Gasteiger partial charge in [0.15, 0.2) is 0 Å². The molecule has 4 aliphatic carbocycles. The number of aryl methyl sites for hydroxylation is 1. The smallest absolute Gasteiger partial charge is 0.104 e. The van der Waals surface area contributed by atoms with Gasteiger partial charge >= 0.3 is 0 Å². The fraction of sp³-hybridized carbons (Fsp3) is 0.134. The summed E-state index contributed by atoms with van der Waals surface area (Å²) in [5, 5.41) is 31.9. The van der Waals surface area contributed by atoms with Crippen molar-refractivity contribution in [2.24, 2.45) is 0 Å². The lowest BCUT2D eigenvalue weighted by atomic mass is 9.87.